The number of halogens is 6. The maximum Gasteiger partial charge on any atom is 0.416 e. The van der Waals surface area contributed by atoms with Gasteiger partial charge >= 0.3 is 24.3 Å². The molecule has 18 heteroatoms. The van der Waals surface area contributed by atoms with E-state index in [9.17, 15) is 50.6 Å². The van der Waals surface area contributed by atoms with E-state index in [1.54, 1.807) is 35.0 Å². The minimum Gasteiger partial charge on any atom is -0.480 e. The molecule has 0 amide bonds. The number of carboxylic acids is 1. The smallest absolute Gasteiger partial charge is 0.416 e. The van der Waals surface area contributed by atoms with Crippen LogP contribution < -0.4 is 11.1 Å². The van der Waals surface area contributed by atoms with E-state index >= 15 is 0 Å². The first-order valence-corrected chi connectivity index (χ1v) is 18.6. The largest absolute Gasteiger partial charge is 0.480 e. The number of likely N-dealkylation sites (tertiary alicyclic amines) is 2. The molecule has 2 fully saturated rings. The molecule has 2 saturated heterocycles. The highest BCUT2D eigenvalue weighted by Gasteiger charge is 2.38. The number of rotatable bonds is 17. The second kappa shape index (κ2) is 20.1. The summed E-state index contributed by atoms with van der Waals surface area (Å²) < 4.78 is 98.0. The standard InChI is InChI=1S/C20H29F3N2O4.C18H25F3N2O4/c1-5-29-19(27)17(8-13(2)3)25-10-14(6-7-24-11-15(12-24)28-4)16(9-18(25)26)20(21,22)23;1-11(2)6-15(17(25)26)23-8-12(4-5-22-9-13(10-22)27-3)14(7-16(23)24)18(19,20)21/h9-10,13,15,17H,5-8,11-12H2,1-4H3;7-8,11,13,15H,4-6,9-10H2,1-3H3,(H,25,26). The van der Waals surface area contributed by atoms with Crippen molar-refractivity contribution < 1.29 is 55.2 Å². The van der Waals surface area contributed by atoms with E-state index < -0.39 is 58.6 Å². The Hall–Kier alpha value is -3.74. The van der Waals surface area contributed by atoms with Crippen molar-refractivity contribution in [2.24, 2.45) is 11.8 Å². The van der Waals surface area contributed by atoms with Crippen LogP contribution in [0.25, 0.3) is 0 Å². The highest BCUT2D eigenvalue weighted by molar-refractivity contribution is 5.74. The number of esters is 1. The number of aliphatic carboxylic acids is 1. The van der Waals surface area contributed by atoms with Gasteiger partial charge in [0.1, 0.15) is 12.1 Å². The lowest BCUT2D eigenvalue weighted by atomic mass is 10.0. The molecule has 0 aliphatic carbocycles. The maximum atomic E-state index is 13.5. The number of aromatic nitrogens is 2. The lowest BCUT2D eigenvalue weighted by molar-refractivity contribution is -0.148. The Morgan fingerprint density at radius 1 is 0.732 bits per heavy atom. The van der Waals surface area contributed by atoms with E-state index in [0.717, 1.165) is 15.3 Å². The highest BCUT2D eigenvalue weighted by Crippen LogP contribution is 2.34. The SMILES string of the molecule is CCOC(=O)C(CC(C)C)n1cc(CCN2CC(OC)C2)c(C(F)(F)F)cc1=O.COC1CN(CCc2cn(C(CC(C)C)C(=O)O)c(=O)cc2C(F)(F)F)C1. The first-order chi connectivity index (χ1) is 26.1. The Morgan fingerprint density at radius 3 is 1.43 bits per heavy atom. The van der Waals surface area contributed by atoms with Gasteiger partial charge < -0.3 is 28.5 Å². The monoisotopic (exact) mass is 808 g/mol. The third-order valence-corrected chi connectivity index (χ3v) is 9.75. The van der Waals surface area contributed by atoms with Crippen LogP contribution in [0.1, 0.15) is 81.8 Å². The second-order valence-corrected chi connectivity index (χ2v) is 15.0. The maximum absolute atomic E-state index is 13.5. The first-order valence-electron chi connectivity index (χ1n) is 18.6. The molecule has 316 valence electrons. The number of carboxylic acid groups (broad SMARTS) is 1. The number of alkyl halides is 6. The normalized spacial score (nSPS) is 16.9. The molecule has 0 radical (unpaired) electrons. The van der Waals surface area contributed by atoms with Crippen LogP contribution in [-0.2, 0) is 49.0 Å². The van der Waals surface area contributed by atoms with Crippen LogP contribution in [0.4, 0.5) is 26.3 Å². The van der Waals surface area contributed by atoms with Crippen molar-refractivity contribution in [3.63, 3.8) is 0 Å². The Balaban J connectivity index is 0.000000301. The van der Waals surface area contributed by atoms with E-state index in [-0.39, 0.29) is 61.0 Å². The third kappa shape index (κ3) is 12.9. The molecule has 2 aromatic heterocycles. The van der Waals surface area contributed by atoms with Crippen LogP contribution in [0, 0.1) is 11.8 Å². The van der Waals surface area contributed by atoms with Crippen molar-refractivity contribution in [3.05, 3.63) is 67.5 Å². The summed E-state index contributed by atoms with van der Waals surface area (Å²) in [6.45, 7) is 12.5. The summed E-state index contributed by atoms with van der Waals surface area (Å²) in [5.74, 6) is -1.83. The van der Waals surface area contributed by atoms with Crippen molar-refractivity contribution in [2.75, 3.05) is 60.1 Å². The van der Waals surface area contributed by atoms with Crippen LogP contribution >= 0.6 is 0 Å². The van der Waals surface area contributed by atoms with Crippen LogP contribution in [0.5, 0.6) is 0 Å². The zero-order valence-electron chi connectivity index (χ0n) is 32.9. The molecular formula is C38H54F6N4O8. The second-order valence-electron chi connectivity index (χ2n) is 15.0. The average Bonchev–Trinajstić information content (AvgIpc) is 3.05. The van der Waals surface area contributed by atoms with Crippen LogP contribution in [-0.4, -0.2) is 108 Å². The first kappa shape index (κ1) is 46.6. The molecule has 0 saturated carbocycles. The molecule has 2 aliphatic heterocycles. The lowest BCUT2D eigenvalue weighted by Crippen LogP contribution is -2.52. The van der Waals surface area contributed by atoms with E-state index in [0.29, 0.717) is 57.8 Å². The minimum absolute atomic E-state index is 0.00368. The molecule has 12 nitrogen and oxygen atoms in total. The van der Waals surface area contributed by atoms with Gasteiger partial charge in [-0.25, -0.2) is 9.59 Å². The Bertz CT molecular complexity index is 1730. The predicted octanol–water partition coefficient (Wildman–Crippen LogP) is 5.30. The molecule has 4 rings (SSSR count). The van der Waals surface area contributed by atoms with Crippen molar-refractivity contribution in [1.82, 2.24) is 18.9 Å². The van der Waals surface area contributed by atoms with Crippen molar-refractivity contribution >= 4 is 11.9 Å². The fraction of sp³-hybridized carbons (Fsp3) is 0.684. The number of nitrogens with zero attached hydrogens (tertiary/aromatic N) is 4. The van der Waals surface area contributed by atoms with Gasteiger partial charge in [0.25, 0.3) is 11.1 Å². The fourth-order valence-electron chi connectivity index (χ4n) is 6.65. The van der Waals surface area contributed by atoms with Crippen molar-refractivity contribution in [3.8, 4) is 0 Å². The number of hydrogen-bond donors (Lipinski definition) is 1. The quantitative estimate of drug-likeness (QED) is 0.166. The highest BCUT2D eigenvalue weighted by atomic mass is 19.4. The summed E-state index contributed by atoms with van der Waals surface area (Å²) >= 11 is 0. The van der Waals surface area contributed by atoms with Crippen molar-refractivity contribution in [2.45, 2.75) is 96.9 Å². The van der Waals surface area contributed by atoms with Gasteiger partial charge in [0, 0.05) is 78.0 Å². The minimum atomic E-state index is -4.67. The van der Waals surface area contributed by atoms with Gasteiger partial charge in [0.15, 0.2) is 0 Å². The molecule has 2 atom stereocenters. The summed E-state index contributed by atoms with van der Waals surface area (Å²) in [5, 5.41) is 9.44. The van der Waals surface area contributed by atoms with Gasteiger partial charge in [-0.15, -0.1) is 0 Å². The lowest BCUT2D eigenvalue weighted by Gasteiger charge is -2.38. The fourth-order valence-corrected chi connectivity index (χ4v) is 6.65. The molecule has 2 aliphatic rings. The number of hydrogen-bond acceptors (Lipinski definition) is 9. The molecular weight excluding hydrogens is 754 g/mol. The van der Waals surface area contributed by atoms with Gasteiger partial charge in [-0.05, 0) is 55.6 Å². The van der Waals surface area contributed by atoms with Crippen LogP contribution in [0.3, 0.4) is 0 Å². The van der Waals surface area contributed by atoms with Gasteiger partial charge in [-0.1, -0.05) is 27.7 Å². The van der Waals surface area contributed by atoms with Gasteiger partial charge in [0.2, 0.25) is 0 Å². The van der Waals surface area contributed by atoms with E-state index in [4.69, 9.17) is 14.2 Å². The number of pyridine rings is 2. The van der Waals surface area contributed by atoms with E-state index in [1.807, 2.05) is 23.6 Å². The number of carbonyl (C=O) groups excluding carboxylic acids is 1. The van der Waals surface area contributed by atoms with Crippen LogP contribution in [0.2, 0.25) is 0 Å². The van der Waals surface area contributed by atoms with Crippen molar-refractivity contribution in [1.29, 1.82) is 0 Å². The summed E-state index contributed by atoms with van der Waals surface area (Å²) in [7, 11) is 3.18. The molecule has 4 heterocycles. The molecule has 0 bridgehead atoms. The van der Waals surface area contributed by atoms with E-state index in [1.165, 1.54) is 6.20 Å². The molecule has 0 spiro atoms. The van der Waals surface area contributed by atoms with Gasteiger partial charge in [-0.3, -0.25) is 19.4 Å². The summed E-state index contributed by atoms with van der Waals surface area (Å²) in [4.78, 5) is 52.6. The Kier molecular flexibility index (Phi) is 16.7. The molecule has 2 aromatic rings. The average molecular weight is 809 g/mol. The Labute approximate surface area is 322 Å². The zero-order valence-corrected chi connectivity index (χ0v) is 32.9. The molecule has 0 aromatic carbocycles. The van der Waals surface area contributed by atoms with Gasteiger partial charge in [-0.2, -0.15) is 26.3 Å². The molecule has 56 heavy (non-hydrogen) atoms. The number of carbonyl (C=O) groups is 2. The van der Waals surface area contributed by atoms with Crippen LogP contribution in [0.15, 0.2) is 34.1 Å². The topological polar surface area (TPSA) is 133 Å². The van der Waals surface area contributed by atoms with E-state index in [2.05, 4.69) is 0 Å². The number of methoxy groups -OCH3 is 2. The Morgan fingerprint density at radius 2 is 1.11 bits per heavy atom. The molecule has 2 unspecified atom stereocenters. The summed E-state index contributed by atoms with van der Waals surface area (Å²) in [5.41, 5.74) is -3.84. The third-order valence-electron chi connectivity index (χ3n) is 9.75. The zero-order chi connectivity index (χ0) is 42.1. The van der Waals surface area contributed by atoms with Gasteiger partial charge in [0.05, 0.1) is 29.9 Å². The molecule has 1 N–H and O–H groups in total. The number of ether oxygens (including phenoxy) is 3. The summed E-state index contributed by atoms with van der Waals surface area (Å²) in [6, 6.07) is -1.04. The predicted molar refractivity (Wildman–Crippen MR) is 195 cm³/mol. The summed E-state index contributed by atoms with van der Waals surface area (Å²) in [6.07, 6.45) is -6.24.